The van der Waals surface area contributed by atoms with E-state index in [1.807, 2.05) is 12.1 Å². The number of hydrogen-bond donors (Lipinski definition) is 1. The van der Waals surface area contributed by atoms with Crippen molar-refractivity contribution in [3.05, 3.63) is 65.0 Å². The molecule has 0 amide bonds. The Labute approximate surface area is 125 Å². The van der Waals surface area contributed by atoms with Gasteiger partial charge in [-0.3, -0.25) is 0 Å². The Morgan fingerprint density at radius 1 is 1.05 bits per heavy atom. The molecule has 2 N–H and O–H groups in total. The molecule has 21 heavy (non-hydrogen) atoms. The zero-order valence-corrected chi connectivity index (χ0v) is 12.4. The summed E-state index contributed by atoms with van der Waals surface area (Å²) in [5.74, 6) is 0.500. The van der Waals surface area contributed by atoms with E-state index in [1.54, 1.807) is 12.1 Å². The third-order valence-electron chi connectivity index (χ3n) is 3.48. The SMILES string of the molecule is CCCCc1ccc(OCc2cc(CN)ccc2F)cc1. The van der Waals surface area contributed by atoms with Crippen LogP contribution in [0, 0.1) is 5.82 Å². The number of rotatable bonds is 7. The lowest BCUT2D eigenvalue weighted by Crippen LogP contribution is -2.02. The van der Waals surface area contributed by atoms with Crippen molar-refractivity contribution in [1.29, 1.82) is 0 Å². The molecule has 0 aliphatic carbocycles. The first-order valence-corrected chi connectivity index (χ1v) is 7.42. The highest BCUT2D eigenvalue weighted by molar-refractivity contribution is 5.29. The molecule has 0 radical (unpaired) electrons. The lowest BCUT2D eigenvalue weighted by Gasteiger charge is -2.09. The van der Waals surface area contributed by atoms with Gasteiger partial charge in [-0.1, -0.05) is 31.5 Å². The fourth-order valence-corrected chi connectivity index (χ4v) is 2.16. The molecule has 0 unspecified atom stereocenters. The van der Waals surface area contributed by atoms with Crippen LogP contribution >= 0.6 is 0 Å². The van der Waals surface area contributed by atoms with Crippen LogP contribution in [0.5, 0.6) is 5.75 Å². The van der Waals surface area contributed by atoms with Crippen molar-refractivity contribution in [2.24, 2.45) is 5.73 Å². The van der Waals surface area contributed by atoms with Gasteiger partial charge < -0.3 is 10.5 Å². The van der Waals surface area contributed by atoms with Crippen LogP contribution in [0.2, 0.25) is 0 Å². The highest BCUT2D eigenvalue weighted by Crippen LogP contribution is 2.17. The average molecular weight is 287 g/mol. The van der Waals surface area contributed by atoms with Crippen molar-refractivity contribution in [1.82, 2.24) is 0 Å². The Kier molecular flexibility index (Phi) is 5.76. The molecule has 0 aromatic heterocycles. The monoisotopic (exact) mass is 287 g/mol. The number of nitrogens with two attached hydrogens (primary N) is 1. The fourth-order valence-electron chi connectivity index (χ4n) is 2.16. The van der Waals surface area contributed by atoms with E-state index in [0.29, 0.717) is 12.1 Å². The van der Waals surface area contributed by atoms with Gasteiger partial charge >= 0.3 is 0 Å². The van der Waals surface area contributed by atoms with Crippen molar-refractivity contribution < 1.29 is 9.13 Å². The number of benzene rings is 2. The zero-order valence-electron chi connectivity index (χ0n) is 12.4. The highest BCUT2D eigenvalue weighted by atomic mass is 19.1. The largest absolute Gasteiger partial charge is 0.489 e. The zero-order chi connectivity index (χ0) is 15.1. The number of ether oxygens (including phenoxy) is 1. The standard InChI is InChI=1S/C18H22FNO/c1-2-3-4-14-5-8-17(9-6-14)21-13-16-11-15(12-20)7-10-18(16)19/h5-11H,2-4,12-13,20H2,1H3. The third kappa shape index (κ3) is 4.57. The van der Waals surface area contributed by atoms with Crippen LogP contribution in [-0.2, 0) is 19.6 Å². The van der Waals surface area contributed by atoms with Gasteiger partial charge in [0.2, 0.25) is 0 Å². The number of halogens is 1. The van der Waals surface area contributed by atoms with Crippen LogP contribution in [0.15, 0.2) is 42.5 Å². The van der Waals surface area contributed by atoms with Gasteiger partial charge in [-0.25, -0.2) is 4.39 Å². The lowest BCUT2D eigenvalue weighted by molar-refractivity contribution is 0.299. The van der Waals surface area contributed by atoms with Gasteiger partial charge in [0, 0.05) is 12.1 Å². The number of hydrogen-bond acceptors (Lipinski definition) is 2. The summed E-state index contributed by atoms with van der Waals surface area (Å²) in [6.07, 6.45) is 3.47. The first kappa shape index (κ1) is 15.5. The summed E-state index contributed by atoms with van der Waals surface area (Å²) in [5, 5.41) is 0. The molecule has 3 heteroatoms. The molecule has 2 rings (SSSR count). The van der Waals surface area contributed by atoms with Crippen molar-refractivity contribution in [2.75, 3.05) is 0 Å². The number of unbranched alkanes of at least 4 members (excludes halogenated alkanes) is 1. The quantitative estimate of drug-likeness (QED) is 0.828. The molecular formula is C18H22FNO. The van der Waals surface area contributed by atoms with Gasteiger partial charge in [0.25, 0.3) is 0 Å². The Balaban J connectivity index is 1.96. The van der Waals surface area contributed by atoms with Crippen LogP contribution < -0.4 is 10.5 Å². The second-order valence-corrected chi connectivity index (χ2v) is 5.17. The third-order valence-corrected chi connectivity index (χ3v) is 3.48. The van der Waals surface area contributed by atoms with E-state index in [-0.39, 0.29) is 12.4 Å². The van der Waals surface area contributed by atoms with E-state index in [0.717, 1.165) is 17.7 Å². The fraction of sp³-hybridized carbons (Fsp3) is 0.333. The van der Waals surface area contributed by atoms with E-state index in [9.17, 15) is 4.39 Å². The molecule has 0 saturated carbocycles. The summed E-state index contributed by atoms with van der Waals surface area (Å²) < 4.78 is 19.3. The van der Waals surface area contributed by atoms with Crippen LogP contribution in [-0.4, -0.2) is 0 Å². The molecule has 0 fully saturated rings. The van der Waals surface area contributed by atoms with E-state index >= 15 is 0 Å². The molecule has 0 bridgehead atoms. The van der Waals surface area contributed by atoms with Crippen molar-refractivity contribution in [2.45, 2.75) is 39.3 Å². The molecule has 2 aromatic rings. The molecule has 112 valence electrons. The predicted molar refractivity (Wildman–Crippen MR) is 83.7 cm³/mol. The second-order valence-electron chi connectivity index (χ2n) is 5.17. The van der Waals surface area contributed by atoms with Gasteiger partial charge in [0.05, 0.1) is 0 Å². The first-order chi connectivity index (χ1) is 10.2. The minimum absolute atomic E-state index is 0.216. The Morgan fingerprint density at radius 2 is 1.76 bits per heavy atom. The Bertz CT molecular complexity index is 566. The van der Waals surface area contributed by atoms with Gasteiger partial charge in [-0.05, 0) is 48.2 Å². The molecule has 0 aliphatic rings. The Hall–Kier alpha value is -1.87. The van der Waals surface area contributed by atoms with Crippen LogP contribution in [0.3, 0.4) is 0 Å². The number of aryl methyl sites for hydroxylation is 1. The summed E-state index contributed by atoms with van der Waals surface area (Å²) in [5.41, 5.74) is 8.32. The van der Waals surface area contributed by atoms with Crippen LogP contribution in [0.1, 0.15) is 36.5 Å². The predicted octanol–water partition coefficient (Wildman–Crippen LogP) is 4.21. The topological polar surface area (TPSA) is 35.2 Å². The summed E-state index contributed by atoms with van der Waals surface area (Å²) in [6, 6.07) is 12.9. The summed E-state index contributed by atoms with van der Waals surface area (Å²) in [4.78, 5) is 0. The average Bonchev–Trinajstić information content (AvgIpc) is 2.53. The molecule has 0 aliphatic heterocycles. The molecule has 2 aromatic carbocycles. The molecular weight excluding hydrogens is 265 g/mol. The summed E-state index contributed by atoms with van der Waals surface area (Å²) in [6.45, 7) is 2.80. The van der Waals surface area contributed by atoms with Crippen molar-refractivity contribution in [3.63, 3.8) is 0 Å². The lowest BCUT2D eigenvalue weighted by atomic mass is 10.1. The molecule has 0 heterocycles. The van der Waals surface area contributed by atoms with Crippen molar-refractivity contribution in [3.8, 4) is 5.75 Å². The maximum atomic E-state index is 13.7. The maximum absolute atomic E-state index is 13.7. The van der Waals surface area contributed by atoms with E-state index < -0.39 is 0 Å². The smallest absolute Gasteiger partial charge is 0.129 e. The van der Waals surface area contributed by atoms with Crippen LogP contribution in [0.25, 0.3) is 0 Å². The normalized spacial score (nSPS) is 10.6. The van der Waals surface area contributed by atoms with Gasteiger partial charge in [0.15, 0.2) is 0 Å². The second kappa shape index (κ2) is 7.79. The maximum Gasteiger partial charge on any atom is 0.129 e. The summed E-state index contributed by atoms with van der Waals surface area (Å²) in [7, 11) is 0. The van der Waals surface area contributed by atoms with E-state index in [1.165, 1.54) is 24.5 Å². The Morgan fingerprint density at radius 3 is 2.43 bits per heavy atom. The summed E-state index contributed by atoms with van der Waals surface area (Å²) >= 11 is 0. The van der Waals surface area contributed by atoms with Gasteiger partial charge in [-0.15, -0.1) is 0 Å². The molecule has 0 atom stereocenters. The van der Waals surface area contributed by atoms with Gasteiger partial charge in [-0.2, -0.15) is 0 Å². The molecule has 2 nitrogen and oxygen atoms in total. The van der Waals surface area contributed by atoms with E-state index in [4.69, 9.17) is 10.5 Å². The van der Waals surface area contributed by atoms with Crippen LogP contribution in [0.4, 0.5) is 4.39 Å². The highest BCUT2D eigenvalue weighted by Gasteiger charge is 2.04. The first-order valence-electron chi connectivity index (χ1n) is 7.42. The van der Waals surface area contributed by atoms with Gasteiger partial charge in [0.1, 0.15) is 18.2 Å². The minimum Gasteiger partial charge on any atom is -0.489 e. The minimum atomic E-state index is -0.258. The van der Waals surface area contributed by atoms with E-state index in [2.05, 4.69) is 19.1 Å². The molecule has 0 saturated heterocycles. The van der Waals surface area contributed by atoms with Crippen molar-refractivity contribution >= 4 is 0 Å². The molecule has 0 spiro atoms.